The molecule has 0 bridgehead atoms. The molecule has 0 saturated heterocycles. The summed E-state index contributed by atoms with van der Waals surface area (Å²) < 4.78 is 0. The Hall–Kier alpha value is -1.94. The third-order valence-corrected chi connectivity index (χ3v) is 4.17. The van der Waals surface area contributed by atoms with Crippen molar-refractivity contribution < 1.29 is 9.59 Å². The maximum atomic E-state index is 11.3. The number of rotatable bonds is 6. The molecule has 0 atom stereocenters. The second kappa shape index (κ2) is 8.49. The lowest BCUT2D eigenvalue weighted by Crippen LogP contribution is -2.38. The highest BCUT2D eigenvalue weighted by molar-refractivity contribution is 7.98. The Bertz CT molecular complexity index is 580. The molecule has 1 heterocycles. The molecule has 1 rings (SSSR count). The standard InChI is InChI=1S/C12H18N6O2S2/c1-7(19)18(8(2)20)10(13)3-4-21-5-9-6-22-12(16-9)17-11(14)15/h6,13H,3-5H2,1-2H3,(H4,14,15,16,17). The number of amidine groups is 1. The minimum atomic E-state index is -0.441. The summed E-state index contributed by atoms with van der Waals surface area (Å²) in [5.41, 5.74) is 11.4. The van der Waals surface area contributed by atoms with E-state index in [1.54, 1.807) is 11.8 Å². The molecule has 8 nitrogen and oxygen atoms in total. The monoisotopic (exact) mass is 342 g/mol. The van der Waals surface area contributed by atoms with Gasteiger partial charge in [-0.15, -0.1) is 11.3 Å². The van der Waals surface area contributed by atoms with E-state index in [2.05, 4.69) is 9.98 Å². The van der Waals surface area contributed by atoms with Crippen molar-refractivity contribution in [3.8, 4) is 0 Å². The van der Waals surface area contributed by atoms with Crippen LogP contribution in [-0.4, -0.2) is 39.2 Å². The Kier molecular flexibility index (Phi) is 6.99. The zero-order chi connectivity index (χ0) is 16.7. The minimum Gasteiger partial charge on any atom is -0.370 e. The predicted octanol–water partition coefficient (Wildman–Crippen LogP) is 1.04. The van der Waals surface area contributed by atoms with Crippen LogP contribution in [-0.2, 0) is 15.3 Å². The summed E-state index contributed by atoms with van der Waals surface area (Å²) >= 11 is 2.89. The third kappa shape index (κ3) is 5.82. The highest BCUT2D eigenvalue weighted by atomic mass is 32.2. The van der Waals surface area contributed by atoms with Crippen LogP contribution >= 0.6 is 23.1 Å². The van der Waals surface area contributed by atoms with Crippen LogP contribution in [0.5, 0.6) is 0 Å². The first-order valence-electron chi connectivity index (χ1n) is 6.31. The first-order valence-corrected chi connectivity index (χ1v) is 8.35. The number of thiazole rings is 1. The first-order chi connectivity index (χ1) is 10.3. The summed E-state index contributed by atoms with van der Waals surface area (Å²) in [7, 11) is 0. The summed E-state index contributed by atoms with van der Waals surface area (Å²) in [4.78, 5) is 31.5. The van der Waals surface area contributed by atoms with Crippen LogP contribution in [0.3, 0.4) is 0 Å². The number of nitrogens with zero attached hydrogens (tertiary/aromatic N) is 3. The van der Waals surface area contributed by atoms with Crippen molar-refractivity contribution in [3.05, 3.63) is 11.1 Å². The summed E-state index contributed by atoms with van der Waals surface area (Å²) in [6, 6.07) is 0. The molecule has 1 aromatic rings. The summed E-state index contributed by atoms with van der Waals surface area (Å²) in [5, 5.41) is 10.1. The molecule has 0 aliphatic carbocycles. The number of carbonyl (C=O) groups is 2. The van der Waals surface area contributed by atoms with Crippen LogP contribution in [0.2, 0.25) is 0 Å². The zero-order valence-corrected chi connectivity index (χ0v) is 14.0. The molecular weight excluding hydrogens is 324 g/mol. The SMILES string of the molecule is CC(=O)N(C(=N)CCSCc1csc(N=C(N)N)n1)C(C)=O. The molecule has 0 aliphatic heterocycles. The molecule has 120 valence electrons. The van der Waals surface area contributed by atoms with Crippen LogP contribution < -0.4 is 11.5 Å². The third-order valence-electron chi connectivity index (χ3n) is 2.40. The Labute approximate surface area is 136 Å². The molecule has 0 saturated carbocycles. The van der Waals surface area contributed by atoms with Crippen molar-refractivity contribution in [2.75, 3.05) is 5.75 Å². The number of imide groups is 1. The van der Waals surface area contributed by atoms with Gasteiger partial charge in [-0.2, -0.15) is 16.8 Å². The molecule has 22 heavy (non-hydrogen) atoms. The smallest absolute Gasteiger partial charge is 0.231 e. The fourth-order valence-corrected chi connectivity index (χ4v) is 3.23. The van der Waals surface area contributed by atoms with Crippen LogP contribution in [0.1, 0.15) is 26.0 Å². The fraction of sp³-hybridized carbons (Fsp3) is 0.417. The van der Waals surface area contributed by atoms with E-state index in [1.807, 2.05) is 5.38 Å². The van der Waals surface area contributed by atoms with Crippen molar-refractivity contribution in [1.82, 2.24) is 9.88 Å². The minimum absolute atomic E-state index is 0.00646. The van der Waals surface area contributed by atoms with Gasteiger partial charge in [-0.1, -0.05) is 0 Å². The number of aromatic nitrogens is 1. The highest BCUT2D eigenvalue weighted by Gasteiger charge is 2.18. The molecule has 2 amide bonds. The average Bonchev–Trinajstić information content (AvgIpc) is 2.80. The highest BCUT2D eigenvalue weighted by Crippen LogP contribution is 2.22. The number of carbonyl (C=O) groups excluding carboxylic acids is 2. The van der Waals surface area contributed by atoms with Gasteiger partial charge in [0, 0.05) is 37.2 Å². The molecule has 0 unspecified atom stereocenters. The lowest BCUT2D eigenvalue weighted by molar-refractivity contribution is -0.137. The molecule has 5 N–H and O–H groups in total. The van der Waals surface area contributed by atoms with Gasteiger partial charge in [-0.05, 0) is 0 Å². The van der Waals surface area contributed by atoms with Gasteiger partial charge in [0.05, 0.1) is 5.69 Å². The normalized spacial score (nSPS) is 10.1. The Morgan fingerprint density at radius 2 is 2.05 bits per heavy atom. The number of guanidine groups is 1. The van der Waals surface area contributed by atoms with Gasteiger partial charge in [0.1, 0.15) is 5.84 Å². The number of nitrogens with one attached hydrogen (secondary N) is 1. The molecule has 0 aromatic carbocycles. The lowest BCUT2D eigenvalue weighted by Gasteiger charge is -2.17. The van der Waals surface area contributed by atoms with Gasteiger partial charge in [0.15, 0.2) is 5.96 Å². The van der Waals surface area contributed by atoms with Crippen LogP contribution in [0.15, 0.2) is 10.4 Å². The second-order valence-electron chi connectivity index (χ2n) is 4.28. The second-order valence-corrected chi connectivity index (χ2v) is 6.22. The predicted molar refractivity (Wildman–Crippen MR) is 89.3 cm³/mol. The lowest BCUT2D eigenvalue weighted by atomic mass is 10.3. The van der Waals surface area contributed by atoms with Crippen molar-refractivity contribution in [2.24, 2.45) is 16.5 Å². The molecule has 0 radical (unpaired) electrons. The number of hydrogen-bond acceptors (Lipinski definition) is 7. The average molecular weight is 342 g/mol. The largest absolute Gasteiger partial charge is 0.370 e. The molecule has 10 heteroatoms. The quantitative estimate of drug-likeness (QED) is 0.401. The Balaban J connectivity index is 2.40. The zero-order valence-electron chi connectivity index (χ0n) is 12.3. The molecule has 0 fully saturated rings. The van der Waals surface area contributed by atoms with Gasteiger partial charge in [0.2, 0.25) is 16.9 Å². The van der Waals surface area contributed by atoms with E-state index in [1.165, 1.54) is 25.2 Å². The molecule has 1 aromatic heterocycles. The van der Waals surface area contributed by atoms with E-state index in [0.717, 1.165) is 10.6 Å². The van der Waals surface area contributed by atoms with Crippen LogP contribution in [0, 0.1) is 5.41 Å². The first kappa shape index (κ1) is 18.1. The van der Waals surface area contributed by atoms with E-state index in [9.17, 15) is 9.59 Å². The van der Waals surface area contributed by atoms with Crippen LogP contribution in [0.4, 0.5) is 5.13 Å². The van der Waals surface area contributed by atoms with Crippen molar-refractivity contribution in [3.63, 3.8) is 0 Å². The molecular formula is C12H18N6O2S2. The van der Waals surface area contributed by atoms with E-state index >= 15 is 0 Å². The Morgan fingerprint density at radius 3 is 2.59 bits per heavy atom. The van der Waals surface area contributed by atoms with E-state index in [-0.39, 0.29) is 11.8 Å². The van der Waals surface area contributed by atoms with Crippen molar-refractivity contribution in [1.29, 1.82) is 5.41 Å². The summed E-state index contributed by atoms with van der Waals surface area (Å²) in [6.45, 7) is 2.53. The Morgan fingerprint density at radius 1 is 1.41 bits per heavy atom. The van der Waals surface area contributed by atoms with Gasteiger partial charge in [0.25, 0.3) is 0 Å². The van der Waals surface area contributed by atoms with Gasteiger partial charge < -0.3 is 11.5 Å². The van der Waals surface area contributed by atoms with Gasteiger partial charge in [-0.3, -0.25) is 15.0 Å². The number of aliphatic imine (C=N–C) groups is 1. The summed E-state index contributed by atoms with van der Waals surface area (Å²) in [6.07, 6.45) is 0.328. The van der Waals surface area contributed by atoms with Crippen molar-refractivity contribution >= 4 is 51.8 Å². The number of nitrogens with two attached hydrogens (primary N) is 2. The fourth-order valence-electron chi connectivity index (χ4n) is 1.58. The van der Waals surface area contributed by atoms with Gasteiger partial charge in [-0.25, -0.2) is 9.88 Å². The maximum Gasteiger partial charge on any atom is 0.231 e. The molecule has 0 aliphatic rings. The number of amides is 2. The maximum absolute atomic E-state index is 11.3. The van der Waals surface area contributed by atoms with E-state index < -0.39 is 11.8 Å². The van der Waals surface area contributed by atoms with E-state index in [0.29, 0.717) is 23.1 Å². The summed E-state index contributed by atoms with van der Waals surface area (Å²) in [5.74, 6) is 0.338. The number of thioether (sulfide) groups is 1. The van der Waals surface area contributed by atoms with Crippen LogP contribution in [0.25, 0.3) is 0 Å². The van der Waals surface area contributed by atoms with Gasteiger partial charge >= 0.3 is 0 Å². The topological polar surface area (TPSA) is 139 Å². The number of hydrogen-bond donors (Lipinski definition) is 3. The molecule has 0 spiro atoms. The van der Waals surface area contributed by atoms with E-state index in [4.69, 9.17) is 16.9 Å². The van der Waals surface area contributed by atoms with Crippen molar-refractivity contribution in [2.45, 2.75) is 26.0 Å².